The van der Waals surface area contributed by atoms with Gasteiger partial charge in [0.15, 0.2) is 0 Å². The summed E-state index contributed by atoms with van der Waals surface area (Å²) in [5.74, 6) is 0. The van der Waals surface area contributed by atoms with E-state index < -0.39 is 0 Å². The summed E-state index contributed by atoms with van der Waals surface area (Å²) in [6.07, 6.45) is 3.29. The van der Waals surface area contributed by atoms with Gasteiger partial charge in [-0.25, -0.2) is 4.79 Å². The summed E-state index contributed by atoms with van der Waals surface area (Å²) >= 11 is 0. The number of carbonyl (C=O) groups excluding carboxylic acids is 1. The summed E-state index contributed by atoms with van der Waals surface area (Å²) in [4.78, 5) is 17.9. The number of hydrogen-bond donors (Lipinski definition) is 0. The molecule has 0 amide bonds. The minimum Gasteiger partial charge on any atom is -0.256 e. The van der Waals surface area contributed by atoms with Gasteiger partial charge < -0.3 is 0 Å². The molecule has 0 spiro atoms. The van der Waals surface area contributed by atoms with Crippen LogP contribution < -0.4 is 0 Å². The van der Waals surface area contributed by atoms with Crippen molar-refractivity contribution in [2.75, 3.05) is 0 Å². The fourth-order valence-electron chi connectivity index (χ4n) is 1.45. The lowest BCUT2D eigenvalue weighted by Gasteiger charge is -2.01. The van der Waals surface area contributed by atoms with Gasteiger partial charge in [0, 0.05) is 11.8 Å². The molecule has 3 nitrogen and oxygen atoms in total. The number of pyridine rings is 1. The summed E-state index contributed by atoms with van der Waals surface area (Å²) in [6.45, 7) is 2.02. The second kappa shape index (κ2) is 4.51. The van der Waals surface area contributed by atoms with E-state index in [1.807, 2.05) is 31.2 Å². The molecule has 0 atom stereocenters. The lowest BCUT2D eigenvalue weighted by molar-refractivity contribution is 0.565. The first-order valence-corrected chi connectivity index (χ1v) is 4.90. The van der Waals surface area contributed by atoms with E-state index in [1.165, 1.54) is 11.6 Å². The van der Waals surface area contributed by atoms with Gasteiger partial charge in [-0.2, -0.15) is 4.99 Å². The Labute approximate surface area is 93.5 Å². The number of hydrogen-bond acceptors (Lipinski definition) is 3. The molecule has 3 heteroatoms. The topological polar surface area (TPSA) is 42.3 Å². The van der Waals surface area contributed by atoms with Crippen LogP contribution in [0, 0.1) is 6.92 Å². The van der Waals surface area contributed by atoms with Crippen LogP contribution in [0.15, 0.2) is 47.6 Å². The Bertz CT molecular complexity index is 540. The lowest BCUT2D eigenvalue weighted by Crippen LogP contribution is -1.83. The lowest BCUT2D eigenvalue weighted by atomic mass is 10.1. The predicted molar refractivity (Wildman–Crippen MR) is 62.2 cm³/mol. The molecule has 2 rings (SSSR count). The van der Waals surface area contributed by atoms with Crippen LogP contribution in [0.2, 0.25) is 0 Å². The van der Waals surface area contributed by atoms with Gasteiger partial charge in [-0.15, -0.1) is 0 Å². The SMILES string of the molecule is Cc1ccnc(-c2ccc(N=C=O)cc2)c1. The largest absolute Gasteiger partial charge is 0.256 e. The van der Waals surface area contributed by atoms with Crippen molar-refractivity contribution in [3.63, 3.8) is 0 Å². The summed E-state index contributed by atoms with van der Waals surface area (Å²) in [6, 6.07) is 11.3. The van der Waals surface area contributed by atoms with Crippen LogP contribution in [0.25, 0.3) is 11.3 Å². The van der Waals surface area contributed by atoms with Crippen molar-refractivity contribution in [1.29, 1.82) is 0 Å². The molecule has 0 aliphatic rings. The van der Waals surface area contributed by atoms with Gasteiger partial charge in [0.05, 0.1) is 11.4 Å². The summed E-state index contributed by atoms with van der Waals surface area (Å²) in [7, 11) is 0. The van der Waals surface area contributed by atoms with Crippen LogP contribution in [0.4, 0.5) is 5.69 Å². The van der Waals surface area contributed by atoms with Crippen molar-refractivity contribution in [1.82, 2.24) is 4.98 Å². The fourth-order valence-corrected chi connectivity index (χ4v) is 1.45. The quantitative estimate of drug-likeness (QED) is 0.564. The van der Waals surface area contributed by atoms with Gasteiger partial charge in [0.1, 0.15) is 0 Å². The van der Waals surface area contributed by atoms with Gasteiger partial charge in [-0.3, -0.25) is 4.98 Å². The highest BCUT2D eigenvalue weighted by Crippen LogP contribution is 2.21. The average Bonchev–Trinajstić information content (AvgIpc) is 2.30. The number of rotatable bonds is 2. The van der Waals surface area contributed by atoms with E-state index in [0.717, 1.165) is 11.3 Å². The third kappa shape index (κ3) is 2.22. The van der Waals surface area contributed by atoms with Gasteiger partial charge in [-0.05, 0) is 36.8 Å². The second-order valence-electron chi connectivity index (χ2n) is 3.47. The molecule has 1 aromatic heterocycles. The molecule has 0 aliphatic carbocycles. The first-order valence-electron chi connectivity index (χ1n) is 4.90. The van der Waals surface area contributed by atoms with Crippen molar-refractivity contribution in [3.8, 4) is 11.3 Å². The van der Waals surface area contributed by atoms with Crippen molar-refractivity contribution < 1.29 is 4.79 Å². The molecular weight excluding hydrogens is 200 g/mol. The van der Waals surface area contributed by atoms with Gasteiger partial charge in [-0.1, -0.05) is 12.1 Å². The van der Waals surface area contributed by atoms with Gasteiger partial charge in [0.25, 0.3) is 0 Å². The fraction of sp³-hybridized carbons (Fsp3) is 0.0769. The van der Waals surface area contributed by atoms with Crippen LogP contribution in [0.1, 0.15) is 5.56 Å². The van der Waals surface area contributed by atoms with Crippen molar-refractivity contribution in [3.05, 3.63) is 48.2 Å². The Morgan fingerprint density at radius 1 is 1.19 bits per heavy atom. The zero-order valence-electron chi connectivity index (χ0n) is 8.84. The molecular formula is C13H10N2O. The number of aryl methyl sites for hydroxylation is 1. The highest BCUT2D eigenvalue weighted by Gasteiger charge is 1.99. The van der Waals surface area contributed by atoms with E-state index in [-0.39, 0.29) is 0 Å². The van der Waals surface area contributed by atoms with E-state index in [9.17, 15) is 4.79 Å². The van der Waals surface area contributed by atoms with Crippen molar-refractivity contribution in [2.24, 2.45) is 4.99 Å². The highest BCUT2D eigenvalue weighted by atomic mass is 16.1. The van der Waals surface area contributed by atoms with Crippen LogP contribution >= 0.6 is 0 Å². The molecule has 0 saturated carbocycles. The summed E-state index contributed by atoms with van der Waals surface area (Å²) in [5, 5.41) is 0. The van der Waals surface area contributed by atoms with Crippen LogP contribution in [0.3, 0.4) is 0 Å². The van der Waals surface area contributed by atoms with E-state index in [4.69, 9.17) is 0 Å². The molecule has 1 aromatic carbocycles. The number of nitrogens with zero attached hydrogens (tertiary/aromatic N) is 2. The standard InChI is InChI=1S/C13H10N2O/c1-10-6-7-14-13(8-10)11-2-4-12(5-3-11)15-9-16/h2-8H,1H3. The van der Waals surface area contributed by atoms with Crippen LogP contribution in [-0.2, 0) is 4.79 Å². The maximum absolute atomic E-state index is 10.1. The van der Waals surface area contributed by atoms with Gasteiger partial charge >= 0.3 is 0 Å². The normalized spacial score (nSPS) is 9.56. The number of benzene rings is 1. The Balaban J connectivity index is 2.38. The first-order chi connectivity index (χ1) is 7.79. The third-order valence-corrected chi connectivity index (χ3v) is 2.25. The van der Waals surface area contributed by atoms with Crippen molar-refractivity contribution >= 4 is 11.8 Å². The highest BCUT2D eigenvalue weighted by molar-refractivity contribution is 5.63. The Kier molecular flexibility index (Phi) is 2.90. The molecule has 2 aromatic rings. The molecule has 0 bridgehead atoms. The van der Waals surface area contributed by atoms with E-state index in [0.29, 0.717) is 5.69 Å². The Morgan fingerprint density at radius 2 is 1.94 bits per heavy atom. The van der Waals surface area contributed by atoms with Crippen LogP contribution in [-0.4, -0.2) is 11.1 Å². The zero-order valence-corrected chi connectivity index (χ0v) is 8.84. The molecule has 16 heavy (non-hydrogen) atoms. The molecule has 0 saturated heterocycles. The average molecular weight is 210 g/mol. The monoisotopic (exact) mass is 210 g/mol. The maximum Gasteiger partial charge on any atom is 0.240 e. The minimum atomic E-state index is 0.603. The Morgan fingerprint density at radius 3 is 2.56 bits per heavy atom. The summed E-state index contributed by atoms with van der Waals surface area (Å²) in [5.41, 5.74) is 3.70. The van der Waals surface area contributed by atoms with Crippen molar-refractivity contribution in [2.45, 2.75) is 6.92 Å². The van der Waals surface area contributed by atoms with E-state index >= 15 is 0 Å². The molecule has 1 heterocycles. The van der Waals surface area contributed by atoms with E-state index in [1.54, 1.807) is 18.3 Å². The number of aliphatic imine (C=N–C) groups is 1. The molecule has 0 radical (unpaired) electrons. The first kappa shape index (κ1) is 10.3. The molecule has 78 valence electrons. The minimum absolute atomic E-state index is 0.603. The summed E-state index contributed by atoms with van der Waals surface area (Å²) < 4.78 is 0. The Hall–Kier alpha value is -2.25. The second-order valence-corrected chi connectivity index (χ2v) is 3.47. The molecule has 0 aliphatic heterocycles. The number of aromatic nitrogens is 1. The van der Waals surface area contributed by atoms with E-state index in [2.05, 4.69) is 9.98 Å². The molecule has 0 N–H and O–H groups in total. The maximum atomic E-state index is 10.1. The van der Waals surface area contributed by atoms with Crippen LogP contribution in [0.5, 0.6) is 0 Å². The van der Waals surface area contributed by atoms with Gasteiger partial charge in [0.2, 0.25) is 6.08 Å². The number of isocyanates is 1. The third-order valence-electron chi connectivity index (χ3n) is 2.25. The predicted octanol–water partition coefficient (Wildman–Crippen LogP) is 3.02. The zero-order chi connectivity index (χ0) is 11.4. The molecule has 0 unspecified atom stereocenters. The molecule has 0 fully saturated rings. The smallest absolute Gasteiger partial charge is 0.240 e.